The molecule has 0 fully saturated rings. The van der Waals surface area contributed by atoms with Crippen molar-refractivity contribution in [1.29, 1.82) is 0 Å². The first-order chi connectivity index (χ1) is 5.20. The summed E-state index contributed by atoms with van der Waals surface area (Å²) in [5.74, 6) is 0. The minimum Gasteiger partial charge on any atom is -0.356 e. The lowest BCUT2D eigenvalue weighted by Crippen LogP contribution is -1.87. The zero-order valence-corrected chi connectivity index (χ0v) is 7.19. The van der Waals surface area contributed by atoms with Gasteiger partial charge in [-0.25, -0.2) is 0 Å². The van der Waals surface area contributed by atoms with Gasteiger partial charge in [0.1, 0.15) is 0 Å². The van der Waals surface area contributed by atoms with Crippen molar-refractivity contribution in [2.45, 2.75) is 27.2 Å². The summed E-state index contributed by atoms with van der Waals surface area (Å²) in [5, 5.41) is 0. The number of aryl methyl sites for hydroxylation is 1. The molecule has 0 aliphatic heterocycles. The van der Waals surface area contributed by atoms with Crippen molar-refractivity contribution in [3.05, 3.63) is 22.5 Å². The van der Waals surface area contributed by atoms with Gasteiger partial charge in [0.15, 0.2) is 6.29 Å². The Morgan fingerprint density at radius 1 is 1.45 bits per heavy atom. The molecule has 1 heterocycles. The number of carbonyl (C=O) groups is 1. The smallest absolute Gasteiger partial charge is 0.166 e. The standard InChI is InChI=1S/C9H13NO/c1-4-8-6(2)7(3)10-9(8)5-11/h5,10H,4H2,1-3H3. The second-order valence-corrected chi connectivity index (χ2v) is 2.74. The van der Waals surface area contributed by atoms with Gasteiger partial charge in [0, 0.05) is 5.69 Å². The lowest BCUT2D eigenvalue weighted by atomic mass is 10.1. The van der Waals surface area contributed by atoms with Gasteiger partial charge in [0.25, 0.3) is 0 Å². The van der Waals surface area contributed by atoms with Crippen molar-refractivity contribution >= 4 is 6.29 Å². The first-order valence-corrected chi connectivity index (χ1v) is 3.84. The summed E-state index contributed by atoms with van der Waals surface area (Å²) in [5.41, 5.74) is 4.21. The van der Waals surface area contributed by atoms with Gasteiger partial charge in [-0.1, -0.05) is 6.92 Å². The fourth-order valence-electron chi connectivity index (χ4n) is 1.36. The zero-order valence-electron chi connectivity index (χ0n) is 7.19. The van der Waals surface area contributed by atoms with Gasteiger partial charge in [-0.3, -0.25) is 4.79 Å². The molecule has 0 radical (unpaired) electrons. The topological polar surface area (TPSA) is 32.9 Å². The Balaban J connectivity index is 3.26. The average Bonchev–Trinajstić information content (AvgIpc) is 2.28. The van der Waals surface area contributed by atoms with Crippen LogP contribution in [0.2, 0.25) is 0 Å². The Morgan fingerprint density at radius 2 is 2.09 bits per heavy atom. The molecule has 1 aromatic rings. The van der Waals surface area contributed by atoms with E-state index in [0.717, 1.165) is 29.7 Å². The molecule has 0 saturated carbocycles. The SMILES string of the molecule is CCc1c(C=O)[nH]c(C)c1C. The van der Waals surface area contributed by atoms with E-state index >= 15 is 0 Å². The Labute approximate surface area is 66.6 Å². The van der Waals surface area contributed by atoms with Gasteiger partial charge < -0.3 is 4.98 Å². The van der Waals surface area contributed by atoms with Crippen LogP contribution in [0.15, 0.2) is 0 Å². The lowest BCUT2D eigenvalue weighted by Gasteiger charge is -1.93. The third-order valence-corrected chi connectivity index (χ3v) is 2.13. The molecule has 1 aromatic heterocycles. The van der Waals surface area contributed by atoms with E-state index in [1.54, 1.807) is 0 Å². The minimum atomic E-state index is 0.738. The Hall–Kier alpha value is -1.05. The lowest BCUT2D eigenvalue weighted by molar-refractivity contribution is 0.111. The molecular weight excluding hydrogens is 138 g/mol. The fourth-order valence-corrected chi connectivity index (χ4v) is 1.36. The van der Waals surface area contributed by atoms with Crippen molar-refractivity contribution < 1.29 is 4.79 Å². The number of aromatic nitrogens is 1. The molecule has 0 aromatic carbocycles. The van der Waals surface area contributed by atoms with Gasteiger partial charge in [-0.05, 0) is 31.4 Å². The van der Waals surface area contributed by atoms with Crippen molar-refractivity contribution in [2.24, 2.45) is 0 Å². The maximum Gasteiger partial charge on any atom is 0.166 e. The van der Waals surface area contributed by atoms with Gasteiger partial charge in [0.2, 0.25) is 0 Å². The molecule has 2 nitrogen and oxygen atoms in total. The molecule has 11 heavy (non-hydrogen) atoms. The molecule has 0 unspecified atom stereocenters. The molecule has 0 bridgehead atoms. The Bertz CT molecular complexity index is 273. The summed E-state index contributed by atoms with van der Waals surface area (Å²) < 4.78 is 0. The number of aldehydes is 1. The van der Waals surface area contributed by atoms with Gasteiger partial charge in [-0.2, -0.15) is 0 Å². The molecule has 0 amide bonds. The number of hydrogen-bond donors (Lipinski definition) is 1. The van der Waals surface area contributed by atoms with Crippen molar-refractivity contribution in [3.8, 4) is 0 Å². The fraction of sp³-hybridized carbons (Fsp3) is 0.444. The van der Waals surface area contributed by atoms with E-state index in [9.17, 15) is 4.79 Å². The maximum atomic E-state index is 10.5. The monoisotopic (exact) mass is 151 g/mol. The third kappa shape index (κ3) is 1.20. The van der Waals surface area contributed by atoms with Crippen molar-refractivity contribution in [2.75, 3.05) is 0 Å². The number of nitrogens with one attached hydrogen (secondary N) is 1. The quantitative estimate of drug-likeness (QED) is 0.644. The predicted octanol–water partition coefficient (Wildman–Crippen LogP) is 2.01. The number of aromatic amines is 1. The highest BCUT2D eigenvalue weighted by Gasteiger charge is 2.07. The van der Waals surface area contributed by atoms with Crippen molar-refractivity contribution in [3.63, 3.8) is 0 Å². The van der Waals surface area contributed by atoms with Crippen molar-refractivity contribution in [1.82, 2.24) is 4.98 Å². The summed E-state index contributed by atoms with van der Waals surface area (Å²) in [4.78, 5) is 13.6. The van der Waals surface area contributed by atoms with Crippen LogP contribution in [0.1, 0.15) is 34.2 Å². The molecule has 1 N–H and O–H groups in total. The van der Waals surface area contributed by atoms with Gasteiger partial charge in [-0.15, -0.1) is 0 Å². The van der Waals surface area contributed by atoms with Gasteiger partial charge in [0.05, 0.1) is 5.69 Å². The summed E-state index contributed by atoms with van der Waals surface area (Å²) in [6.45, 7) is 6.09. The molecule has 0 aliphatic carbocycles. The molecule has 0 saturated heterocycles. The van der Waals surface area contributed by atoms with Crippen LogP contribution in [-0.2, 0) is 6.42 Å². The first kappa shape index (κ1) is 8.05. The highest BCUT2D eigenvalue weighted by atomic mass is 16.1. The van der Waals surface area contributed by atoms with E-state index in [-0.39, 0.29) is 0 Å². The zero-order chi connectivity index (χ0) is 8.43. The highest BCUT2D eigenvalue weighted by Crippen LogP contribution is 2.16. The molecule has 0 atom stereocenters. The molecule has 2 heteroatoms. The summed E-state index contributed by atoms with van der Waals surface area (Å²) in [6, 6.07) is 0. The van der Waals surface area contributed by atoms with E-state index in [1.807, 2.05) is 13.8 Å². The maximum absolute atomic E-state index is 10.5. The molecule has 1 rings (SSSR count). The predicted molar refractivity (Wildman–Crippen MR) is 45.0 cm³/mol. The average molecular weight is 151 g/mol. The van der Waals surface area contributed by atoms with E-state index < -0.39 is 0 Å². The van der Waals surface area contributed by atoms with Crippen LogP contribution in [0.4, 0.5) is 0 Å². The summed E-state index contributed by atoms with van der Waals surface area (Å²) in [7, 11) is 0. The first-order valence-electron chi connectivity index (χ1n) is 3.84. The normalized spacial score (nSPS) is 10.1. The second kappa shape index (κ2) is 2.91. The van der Waals surface area contributed by atoms with Crippen LogP contribution in [0.5, 0.6) is 0 Å². The Morgan fingerprint density at radius 3 is 2.45 bits per heavy atom. The van der Waals surface area contributed by atoms with E-state index in [0.29, 0.717) is 0 Å². The van der Waals surface area contributed by atoms with E-state index in [4.69, 9.17) is 0 Å². The van der Waals surface area contributed by atoms with E-state index in [1.165, 1.54) is 5.56 Å². The van der Waals surface area contributed by atoms with Crippen LogP contribution < -0.4 is 0 Å². The summed E-state index contributed by atoms with van der Waals surface area (Å²) >= 11 is 0. The van der Waals surface area contributed by atoms with Crippen LogP contribution in [0.25, 0.3) is 0 Å². The van der Waals surface area contributed by atoms with Crippen LogP contribution in [-0.4, -0.2) is 11.3 Å². The number of rotatable bonds is 2. The highest BCUT2D eigenvalue weighted by molar-refractivity contribution is 5.76. The molecule has 0 aliphatic rings. The number of hydrogen-bond acceptors (Lipinski definition) is 1. The molecular formula is C9H13NO. The van der Waals surface area contributed by atoms with Crippen LogP contribution >= 0.6 is 0 Å². The number of H-pyrrole nitrogens is 1. The summed E-state index contributed by atoms with van der Waals surface area (Å²) in [6.07, 6.45) is 1.81. The van der Waals surface area contributed by atoms with Crippen LogP contribution in [0.3, 0.4) is 0 Å². The Kier molecular flexibility index (Phi) is 2.13. The largest absolute Gasteiger partial charge is 0.356 e. The molecule has 60 valence electrons. The minimum absolute atomic E-state index is 0.738. The van der Waals surface area contributed by atoms with Crippen LogP contribution in [0, 0.1) is 13.8 Å². The van der Waals surface area contributed by atoms with Gasteiger partial charge >= 0.3 is 0 Å². The molecule has 0 spiro atoms. The second-order valence-electron chi connectivity index (χ2n) is 2.74. The number of carbonyl (C=O) groups excluding carboxylic acids is 1. The van der Waals surface area contributed by atoms with E-state index in [2.05, 4.69) is 11.9 Å². The third-order valence-electron chi connectivity index (χ3n) is 2.13.